The fraction of sp³-hybridized carbons (Fsp3) is 0.222. The lowest BCUT2D eigenvalue weighted by atomic mass is 10.2. The number of carbonyl (C=O) groups excluding carboxylic acids is 2. The predicted octanol–water partition coefficient (Wildman–Crippen LogP) is -1.12. The molecular formula is C9H12N6O4. The Kier molecular flexibility index (Phi) is 4.32. The number of carbonyl (C=O) groups is 2. The molecule has 0 aliphatic rings. The van der Waals surface area contributed by atoms with Crippen molar-refractivity contribution < 1.29 is 14.5 Å². The summed E-state index contributed by atoms with van der Waals surface area (Å²) in [6.45, 7) is 1.38. The molecule has 2 amide bonds. The number of aromatic nitrogens is 1. The van der Waals surface area contributed by atoms with Gasteiger partial charge in [0.1, 0.15) is 11.7 Å². The Bertz CT molecular complexity index is 531. The molecule has 0 saturated heterocycles. The number of hydrogen-bond donors (Lipinski definition) is 4. The van der Waals surface area contributed by atoms with Crippen molar-refractivity contribution >= 4 is 23.3 Å². The van der Waals surface area contributed by atoms with Crippen molar-refractivity contribution in [1.29, 1.82) is 0 Å². The molecule has 0 aromatic carbocycles. The van der Waals surface area contributed by atoms with E-state index in [0.717, 1.165) is 12.3 Å². The Morgan fingerprint density at radius 3 is 2.63 bits per heavy atom. The minimum Gasteiger partial charge on any atom is -0.368 e. The Morgan fingerprint density at radius 2 is 2.16 bits per heavy atom. The van der Waals surface area contributed by atoms with Gasteiger partial charge >= 0.3 is 5.82 Å². The summed E-state index contributed by atoms with van der Waals surface area (Å²) >= 11 is 0. The molecule has 0 radical (unpaired) electrons. The van der Waals surface area contributed by atoms with Gasteiger partial charge in [0.2, 0.25) is 5.91 Å². The fourth-order valence-electron chi connectivity index (χ4n) is 1.19. The van der Waals surface area contributed by atoms with Gasteiger partial charge in [-0.2, -0.15) is 0 Å². The number of hydrogen-bond acceptors (Lipinski definition) is 7. The molecule has 0 spiro atoms. The highest BCUT2D eigenvalue weighted by Crippen LogP contribution is 2.18. The first-order chi connectivity index (χ1) is 8.86. The van der Waals surface area contributed by atoms with Crippen molar-refractivity contribution in [3.8, 4) is 0 Å². The maximum Gasteiger partial charge on any atom is 0.364 e. The molecule has 1 unspecified atom stereocenters. The van der Waals surface area contributed by atoms with Gasteiger partial charge in [-0.05, 0) is 16.8 Å². The summed E-state index contributed by atoms with van der Waals surface area (Å²) in [5.41, 5.74) is 7.15. The molecular weight excluding hydrogens is 256 g/mol. The normalized spacial score (nSPS) is 11.5. The molecule has 0 aliphatic heterocycles. The highest BCUT2D eigenvalue weighted by molar-refractivity contribution is 6.01. The third-order valence-corrected chi connectivity index (χ3v) is 2.25. The number of amides is 2. The second-order valence-electron chi connectivity index (χ2n) is 3.59. The molecule has 1 heterocycles. The van der Waals surface area contributed by atoms with Crippen LogP contribution < -0.4 is 22.3 Å². The Morgan fingerprint density at radius 1 is 1.53 bits per heavy atom. The molecule has 6 N–H and O–H groups in total. The summed E-state index contributed by atoms with van der Waals surface area (Å²) < 4.78 is 0. The number of nitrogen functional groups attached to an aromatic ring is 1. The molecule has 19 heavy (non-hydrogen) atoms. The van der Waals surface area contributed by atoms with Gasteiger partial charge in [0.25, 0.3) is 5.91 Å². The molecule has 10 heteroatoms. The lowest BCUT2D eigenvalue weighted by Gasteiger charge is -2.11. The van der Waals surface area contributed by atoms with E-state index < -0.39 is 28.6 Å². The van der Waals surface area contributed by atoms with Crippen LogP contribution in [0.1, 0.15) is 17.3 Å². The molecule has 1 aromatic heterocycles. The highest BCUT2D eigenvalue weighted by Gasteiger charge is 2.21. The number of nitrogens with zero attached hydrogens (tertiary/aromatic N) is 2. The standard InChI is InChI=1S/C9H12N6O4/c1-4(8(10)16)13-9(17)5-2-7(15(18)19)12-3-6(5)14-11/h2-4,14H,11H2,1H3,(H2,10,16)(H,13,17). The first kappa shape index (κ1) is 14.3. The highest BCUT2D eigenvalue weighted by atomic mass is 16.6. The van der Waals surface area contributed by atoms with E-state index in [1.54, 1.807) is 0 Å². The van der Waals surface area contributed by atoms with Crippen LogP contribution >= 0.6 is 0 Å². The summed E-state index contributed by atoms with van der Waals surface area (Å²) in [6, 6.07) is 0.0171. The molecule has 1 atom stereocenters. The van der Waals surface area contributed by atoms with Crippen LogP contribution in [0, 0.1) is 10.1 Å². The summed E-state index contributed by atoms with van der Waals surface area (Å²) in [5, 5.41) is 12.9. The predicted molar refractivity (Wildman–Crippen MR) is 64.8 cm³/mol. The maximum absolute atomic E-state index is 11.8. The zero-order valence-corrected chi connectivity index (χ0v) is 9.91. The lowest BCUT2D eigenvalue weighted by Crippen LogP contribution is -2.42. The molecule has 0 bridgehead atoms. The van der Waals surface area contributed by atoms with Crippen molar-refractivity contribution in [2.45, 2.75) is 13.0 Å². The van der Waals surface area contributed by atoms with Crippen LogP contribution in [0.15, 0.2) is 12.3 Å². The minimum absolute atomic E-state index is 0.0831. The van der Waals surface area contributed by atoms with Crippen LogP contribution in [-0.2, 0) is 4.79 Å². The van der Waals surface area contributed by atoms with Crippen molar-refractivity contribution in [1.82, 2.24) is 10.3 Å². The van der Waals surface area contributed by atoms with Crippen LogP contribution in [0.3, 0.4) is 0 Å². The van der Waals surface area contributed by atoms with Gasteiger partial charge in [-0.1, -0.05) is 0 Å². The first-order valence-corrected chi connectivity index (χ1v) is 5.08. The number of nitrogens with one attached hydrogen (secondary N) is 2. The Labute approximate surface area is 107 Å². The van der Waals surface area contributed by atoms with Crippen LogP contribution in [0.2, 0.25) is 0 Å². The van der Waals surface area contributed by atoms with Gasteiger partial charge in [-0.25, -0.2) is 0 Å². The Hall–Kier alpha value is -2.75. The third-order valence-electron chi connectivity index (χ3n) is 2.25. The number of rotatable bonds is 5. The van der Waals surface area contributed by atoms with Crippen molar-refractivity contribution in [3.63, 3.8) is 0 Å². The summed E-state index contributed by atoms with van der Waals surface area (Å²) in [5.74, 6) is 3.19. The van der Waals surface area contributed by atoms with E-state index in [9.17, 15) is 19.7 Å². The van der Waals surface area contributed by atoms with Crippen LogP contribution in [0.25, 0.3) is 0 Å². The van der Waals surface area contributed by atoms with Gasteiger partial charge < -0.3 is 26.6 Å². The monoisotopic (exact) mass is 268 g/mol. The van der Waals surface area contributed by atoms with Gasteiger partial charge in [-0.15, -0.1) is 0 Å². The zero-order chi connectivity index (χ0) is 14.6. The number of anilines is 1. The van der Waals surface area contributed by atoms with E-state index in [0.29, 0.717) is 0 Å². The van der Waals surface area contributed by atoms with Crippen molar-refractivity contribution in [2.24, 2.45) is 11.6 Å². The molecule has 0 fully saturated rings. The van der Waals surface area contributed by atoms with Gasteiger partial charge in [0, 0.05) is 0 Å². The molecule has 0 saturated carbocycles. The molecule has 1 aromatic rings. The first-order valence-electron chi connectivity index (χ1n) is 5.08. The molecule has 10 nitrogen and oxygen atoms in total. The van der Waals surface area contributed by atoms with E-state index in [1.165, 1.54) is 6.92 Å². The zero-order valence-electron chi connectivity index (χ0n) is 9.91. The average molecular weight is 268 g/mol. The van der Waals surface area contributed by atoms with Crippen molar-refractivity contribution in [2.75, 3.05) is 5.43 Å². The van der Waals surface area contributed by atoms with Crippen LogP contribution in [-0.4, -0.2) is 27.8 Å². The average Bonchev–Trinajstić information content (AvgIpc) is 2.37. The summed E-state index contributed by atoms with van der Waals surface area (Å²) in [7, 11) is 0. The van der Waals surface area contributed by atoms with Crippen LogP contribution in [0.4, 0.5) is 11.5 Å². The topological polar surface area (TPSA) is 166 Å². The number of primary amides is 1. The van der Waals surface area contributed by atoms with Crippen LogP contribution in [0.5, 0.6) is 0 Å². The van der Waals surface area contributed by atoms with E-state index in [-0.39, 0.29) is 11.3 Å². The smallest absolute Gasteiger partial charge is 0.364 e. The van der Waals surface area contributed by atoms with E-state index >= 15 is 0 Å². The minimum atomic E-state index is -0.926. The number of hydrazine groups is 1. The molecule has 0 aliphatic carbocycles. The SMILES string of the molecule is CC(NC(=O)c1cc([N+](=O)[O-])ncc1NN)C(N)=O. The molecule has 102 valence electrons. The number of nitrogens with two attached hydrogens (primary N) is 2. The second kappa shape index (κ2) is 5.73. The summed E-state index contributed by atoms with van der Waals surface area (Å²) in [4.78, 5) is 36.0. The van der Waals surface area contributed by atoms with Gasteiger partial charge in [-0.3, -0.25) is 15.4 Å². The summed E-state index contributed by atoms with van der Waals surface area (Å²) in [6.07, 6.45) is 1.04. The van der Waals surface area contributed by atoms with Crippen molar-refractivity contribution in [3.05, 3.63) is 27.9 Å². The quantitative estimate of drug-likeness (QED) is 0.298. The maximum atomic E-state index is 11.8. The fourth-order valence-corrected chi connectivity index (χ4v) is 1.19. The van der Waals surface area contributed by atoms with E-state index in [4.69, 9.17) is 11.6 Å². The van der Waals surface area contributed by atoms with Gasteiger partial charge in [0.15, 0.2) is 6.20 Å². The third kappa shape index (κ3) is 3.35. The van der Waals surface area contributed by atoms with E-state index in [2.05, 4.69) is 15.7 Å². The number of nitro groups is 1. The lowest BCUT2D eigenvalue weighted by molar-refractivity contribution is -0.389. The number of pyridine rings is 1. The Balaban J connectivity index is 3.09. The van der Waals surface area contributed by atoms with Gasteiger partial charge in [0.05, 0.1) is 11.6 Å². The van der Waals surface area contributed by atoms with E-state index in [1.807, 2.05) is 0 Å². The molecule has 1 rings (SSSR count). The largest absolute Gasteiger partial charge is 0.368 e. The second-order valence-corrected chi connectivity index (χ2v) is 3.59.